The van der Waals surface area contributed by atoms with Crippen LogP contribution in [0.15, 0.2) is 34.3 Å². The molecule has 2 aliphatic heterocycles. The molecule has 1 saturated carbocycles. The van der Waals surface area contributed by atoms with Gasteiger partial charge in [-0.05, 0) is 37.0 Å². The number of nitrogens with zero attached hydrogens (tertiary/aromatic N) is 4. The summed E-state index contributed by atoms with van der Waals surface area (Å²) in [6.45, 7) is 0. The van der Waals surface area contributed by atoms with E-state index in [9.17, 15) is 10.5 Å². The van der Waals surface area contributed by atoms with Crippen LogP contribution in [-0.4, -0.2) is 38.8 Å². The van der Waals surface area contributed by atoms with Crippen LogP contribution in [0.2, 0.25) is 0 Å². The zero-order valence-electron chi connectivity index (χ0n) is 16.7. The van der Waals surface area contributed by atoms with E-state index in [1.165, 1.54) is 14.2 Å². The second-order valence-corrected chi connectivity index (χ2v) is 7.57. The lowest BCUT2D eigenvalue weighted by Gasteiger charge is -2.51. The molecule has 4 atom stereocenters. The second kappa shape index (κ2) is 6.55. The van der Waals surface area contributed by atoms with Gasteiger partial charge >= 0.3 is 0 Å². The van der Waals surface area contributed by atoms with E-state index in [4.69, 9.17) is 24.9 Å². The van der Waals surface area contributed by atoms with Crippen molar-refractivity contribution in [2.45, 2.75) is 31.2 Å². The molecule has 0 spiro atoms. The highest BCUT2D eigenvalue weighted by atomic mass is 16.7. The lowest BCUT2D eigenvalue weighted by Crippen LogP contribution is -2.64. The van der Waals surface area contributed by atoms with Crippen molar-refractivity contribution in [3.05, 3.63) is 29.8 Å². The molecule has 4 unspecified atom stereocenters. The highest BCUT2D eigenvalue weighted by Crippen LogP contribution is 2.68. The van der Waals surface area contributed by atoms with Gasteiger partial charge in [-0.2, -0.15) is 10.5 Å². The van der Waals surface area contributed by atoms with Gasteiger partial charge in [-0.15, -0.1) is 0 Å². The van der Waals surface area contributed by atoms with Crippen LogP contribution in [0.25, 0.3) is 0 Å². The topological polar surface area (TPSA) is 126 Å². The molecule has 4 rings (SSSR count). The smallest absolute Gasteiger partial charge is 0.292 e. The number of ether oxygens (including phenoxy) is 3. The number of hydrogen-bond donors (Lipinski definition) is 1. The molecule has 0 saturated heterocycles. The molecule has 0 aromatic heterocycles. The number of methoxy groups -OCH3 is 3. The minimum atomic E-state index is -1.68. The van der Waals surface area contributed by atoms with Crippen molar-refractivity contribution in [1.82, 2.24) is 0 Å². The molecular formula is C21H23N5O3. The summed E-state index contributed by atoms with van der Waals surface area (Å²) in [5.41, 5.74) is 5.07. The number of nitriles is 2. The first kappa shape index (κ1) is 19.4. The van der Waals surface area contributed by atoms with Crippen LogP contribution in [0.5, 0.6) is 5.75 Å². The number of fused-ring (bicyclic) bond motifs is 3. The van der Waals surface area contributed by atoms with Gasteiger partial charge in [0.05, 0.1) is 19.2 Å². The van der Waals surface area contributed by atoms with Gasteiger partial charge in [-0.25, -0.2) is 4.99 Å². The van der Waals surface area contributed by atoms with Gasteiger partial charge < -0.3 is 19.9 Å². The summed E-state index contributed by atoms with van der Waals surface area (Å²) in [6, 6.07) is 11.4. The van der Waals surface area contributed by atoms with Crippen LogP contribution < -0.4 is 10.5 Å². The minimum Gasteiger partial charge on any atom is -0.497 e. The van der Waals surface area contributed by atoms with Crippen molar-refractivity contribution in [2.24, 2.45) is 32.5 Å². The fourth-order valence-electron chi connectivity index (χ4n) is 5.40. The Bertz CT molecular complexity index is 970. The Morgan fingerprint density at radius 3 is 2.34 bits per heavy atom. The van der Waals surface area contributed by atoms with E-state index in [1.54, 1.807) is 19.2 Å². The van der Waals surface area contributed by atoms with Crippen molar-refractivity contribution >= 4 is 11.5 Å². The second-order valence-electron chi connectivity index (χ2n) is 7.57. The number of nitrogens with two attached hydrogens (primary N) is 1. The number of hydrogen-bond acceptors (Lipinski definition) is 8. The van der Waals surface area contributed by atoms with Crippen LogP contribution in [0, 0.1) is 39.4 Å². The molecule has 1 aliphatic carbocycles. The summed E-state index contributed by atoms with van der Waals surface area (Å²) >= 11 is 0. The van der Waals surface area contributed by atoms with E-state index >= 15 is 0 Å². The molecule has 8 nitrogen and oxygen atoms in total. The predicted molar refractivity (Wildman–Crippen MR) is 105 cm³/mol. The molecule has 2 heterocycles. The summed E-state index contributed by atoms with van der Waals surface area (Å²) < 4.78 is 16.7. The van der Waals surface area contributed by atoms with Gasteiger partial charge in [-0.1, -0.05) is 12.1 Å². The van der Waals surface area contributed by atoms with Gasteiger partial charge in [0.1, 0.15) is 17.6 Å². The number of benzene rings is 1. The van der Waals surface area contributed by atoms with Crippen LogP contribution in [0.4, 0.5) is 0 Å². The SMILES string of the molecule is COc1ccc(C2N=C3CCCC3C3(C#N)C(OC)(OC)N=C(N)C23C#N)cc1. The lowest BCUT2D eigenvalue weighted by molar-refractivity contribution is -0.271. The van der Waals surface area contributed by atoms with Crippen LogP contribution in [0.3, 0.4) is 0 Å². The predicted octanol–water partition coefficient (Wildman–Crippen LogP) is 2.33. The molecule has 0 amide bonds. The van der Waals surface area contributed by atoms with Gasteiger partial charge in [0, 0.05) is 25.8 Å². The standard InChI is InChI=1S/C21H23N5O3/c1-27-14-9-7-13(8-10-14)17-19(11-22)18(24)26-21(28-2,29-3)20(19,12-23)15-5-4-6-16(15)25-17/h7-10,15,17H,4-6H2,1-3H3,(H2,24,26). The third-order valence-corrected chi connectivity index (χ3v) is 6.69. The fourth-order valence-corrected chi connectivity index (χ4v) is 5.40. The number of amidine groups is 1. The van der Waals surface area contributed by atoms with E-state index in [-0.39, 0.29) is 11.8 Å². The normalized spacial score (nSPS) is 34.2. The summed E-state index contributed by atoms with van der Waals surface area (Å²) in [6.07, 6.45) is 2.32. The van der Waals surface area contributed by atoms with Crippen molar-refractivity contribution in [3.63, 3.8) is 0 Å². The highest BCUT2D eigenvalue weighted by molar-refractivity contribution is 6.00. The monoisotopic (exact) mass is 393 g/mol. The molecule has 0 bridgehead atoms. The number of rotatable bonds is 4. The third-order valence-electron chi connectivity index (χ3n) is 6.69. The Labute approximate surface area is 169 Å². The fraction of sp³-hybridized carbons (Fsp3) is 0.524. The molecule has 29 heavy (non-hydrogen) atoms. The Hall–Kier alpha value is -2.94. The maximum atomic E-state index is 10.6. The maximum absolute atomic E-state index is 10.6. The van der Waals surface area contributed by atoms with E-state index in [0.717, 1.165) is 24.1 Å². The molecule has 8 heteroatoms. The Kier molecular flexibility index (Phi) is 4.38. The summed E-state index contributed by atoms with van der Waals surface area (Å²) in [7, 11) is 4.44. The molecule has 3 aliphatic rings. The van der Waals surface area contributed by atoms with Gasteiger partial charge in [0.2, 0.25) is 0 Å². The zero-order valence-corrected chi connectivity index (χ0v) is 16.7. The first-order valence-corrected chi connectivity index (χ1v) is 9.49. The van der Waals surface area contributed by atoms with Crippen LogP contribution >= 0.6 is 0 Å². The lowest BCUT2D eigenvalue weighted by atomic mass is 9.51. The Morgan fingerprint density at radius 1 is 1.10 bits per heavy atom. The summed E-state index contributed by atoms with van der Waals surface area (Å²) in [5.74, 6) is -1.31. The molecule has 1 fully saturated rings. The Morgan fingerprint density at radius 2 is 1.79 bits per heavy atom. The average molecular weight is 393 g/mol. The molecular weight excluding hydrogens is 370 g/mol. The third kappa shape index (κ3) is 2.08. The van der Waals surface area contributed by atoms with Crippen molar-refractivity contribution < 1.29 is 14.2 Å². The zero-order chi connectivity index (χ0) is 20.9. The van der Waals surface area contributed by atoms with Gasteiger partial charge in [0.15, 0.2) is 10.8 Å². The van der Waals surface area contributed by atoms with E-state index in [1.807, 2.05) is 12.1 Å². The molecule has 150 valence electrons. The van der Waals surface area contributed by atoms with E-state index in [2.05, 4.69) is 17.1 Å². The Balaban J connectivity index is 2.04. The minimum absolute atomic E-state index is 0.0146. The van der Waals surface area contributed by atoms with Crippen molar-refractivity contribution in [3.8, 4) is 17.9 Å². The van der Waals surface area contributed by atoms with Crippen molar-refractivity contribution in [1.29, 1.82) is 10.5 Å². The van der Waals surface area contributed by atoms with Crippen LogP contribution in [0.1, 0.15) is 30.9 Å². The first-order chi connectivity index (χ1) is 14.0. The highest BCUT2D eigenvalue weighted by Gasteiger charge is 2.80. The maximum Gasteiger partial charge on any atom is 0.292 e. The molecule has 1 aromatic rings. The van der Waals surface area contributed by atoms with E-state index in [0.29, 0.717) is 12.2 Å². The summed E-state index contributed by atoms with van der Waals surface area (Å²) in [5, 5.41) is 21.1. The molecule has 2 N–H and O–H groups in total. The van der Waals surface area contributed by atoms with Crippen molar-refractivity contribution in [2.75, 3.05) is 21.3 Å². The quantitative estimate of drug-likeness (QED) is 0.782. The molecule has 0 radical (unpaired) electrons. The summed E-state index contributed by atoms with van der Waals surface area (Å²) in [4.78, 5) is 9.43. The van der Waals surface area contributed by atoms with E-state index < -0.39 is 22.8 Å². The number of aliphatic imine (C=N–C) groups is 2. The average Bonchev–Trinajstić information content (AvgIpc) is 3.32. The first-order valence-electron chi connectivity index (χ1n) is 9.49. The van der Waals surface area contributed by atoms with Gasteiger partial charge in [-0.3, -0.25) is 4.99 Å². The van der Waals surface area contributed by atoms with Gasteiger partial charge in [0.25, 0.3) is 5.91 Å². The van der Waals surface area contributed by atoms with Crippen LogP contribution in [-0.2, 0) is 9.47 Å². The largest absolute Gasteiger partial charge is 0.497 e. The molecule has 1 aromatic carbocycles.